The highest BCUT2D eigenvalue weighted by molar-refractivity contribution is 5.88. The first kappa shape index (κ1) is 13.4. The zero-order valence-corrected chi connectivity index (χ0v) is 11.6. The summed E-state index contributed by atoms with van der Waals surface area (Å²) >= 11 is 0. The van der Waals surface area contributed by atoms with Crippen molar-refractivity contribution in [1.82, 2.24) is 4.98 Å². The van der Waals surface area contributed by atoms with Crippen molar-refractivity contribution in [2.75, 3.05) is 12.3 Å². The lowest BCUT2D eigenvalue weighted by atomic mass is 9.96. The van der Waals surface area contributed by atoms with Crippen LogP contribution in [-0.2, 0) is 0 Å². The number of aromatic nitrogens is 1. The summed E-state index contributed by atoms with van der Waals surface area (Å²) in [6.45, 7) is 8.03. The van der Waals surface area contributed by atoms with Crippen LogP contribution in [0.1, 0.15) is 37.8 Å². The second-order valence-electron chi connectivity index (χ2n) is 4.76. The van der Waals surface area contributed by atoms with Crippen molar-refractivity contribution >= 4 is 16.6 Å². The van der Waals surface area contributed by atoms with Gasteiger partial charge in [0.25, 0.3) is 0 Å². The van der Waals surface area contributed by atoms with Gasteiger partial charge in [-0.2, -0.15) is 4.98 Å². The van der Waals surface area contributed by atoms with Gasteiger partial charge in [-0.1, -0.05) is 13.8 Å². The molecule has 0 radical (unpaired) electrons. The number of fused-ring (bicyclic) bond motifs is 1. The van der Waals surface area contributed by atoms with Crippen LogP contribution in [0, 0.1) is 6.92 Å². The molecule has 0 atom stereocenters. The van der Waals surface area contributed by atoms with Crippen LogP contribution in [-0.4, -0.2) is 11.6 Å². The number of ether oxygens (including phenoxy) is 1. The summed E-state index contributed by atoms with van der Waals surface area (Å²) in [6, 6.07) is 1.82. The van der Waals surface area contributed by atoms with Crippen molar-refractivity contribution in [2.45, 2.75) is 33.6 Å². The maximum atomic E-state index is 12.1. The number of nitrogens with zero attached hydrogens (tertiary/aromatic N) is 1. The summed E-state index contributed by atoms with van der Waals surface area (Å²) in [4.78, 5) is 16.4. The van der Waals surface area contributed by atoms with Crippen molar-refractivity contribution < 1.29 is 9.15 Å². The number of anilines is 1. The van der Waals surface area contributed by atoms with Crippen molar-refractivity contribution in [3.8, 4) is 6.08 Å². The fraction of sp³-hybridized carbons (Fsp3) is 0.429. The molecule has 0 saturated carbocycles. The standard InChI is InChI=1S/C14H18N2O3/c1-5-18-14-16-12-8(4)10(15)6-9(7(2)3)11(12)13(17)19-14/h6-7H,5,15H2,1-4H3. The molecule has 0 saturated heterocycles. The largest absolute Gasteiger partial charge is 0.450 e. The van der Waals surface area contributed by atoms with Crippen molar-refractivity contribution in [1.29, 1.82) is 0 Å². The summed E-state index contributed by atoms with van der Waals surface area (Å²) in [6.07, 6.45) is -0.0107. The fourth-order valence-electron chi connectivity index (χ4n) is 2.05. The first-order valence-corrected chi connectivity index (χ1v) is 6.32. The zero-order chi connectivity index (χ0) is 14.2. The number of nitrogen functional groups attached to an aromatic ring is 1. The van der Waals surface area contributed by atoms with Gasteiger partial charge < -0.3 is 14.9 Å². The molecule has 5 heteroatoms. The normalized spacial score (nSPS) is 11.2. The van der Waals surface area contributed by atoms with Gasteiger partial charge in [0, 0.05) is 5.69 Å². The molecular weight excluding hydrogens is 244 g/mol. The SMILES string of the molecule is CCOc1nc2c(C)c(N)cc(C(C)C)c2c(=O)o1. The van der Waals surface area contributed by atoms with Crippen LogP contribution < -0.4 is 16.1 Å². The molecule has 2 rings (SSSR count). The number of rotatable bonds is 3. The van der Waals surface area contributed by atoms with Gasteiger partial charge >= 0.3 is 11.7 Å². The molecule has 2 N–H and O–H groups in total. The Morgan fingerprint density at radius 3 is 2.74 bits per heavy atom. The van der Waals surface area contributed by atoms with Crippen LogP contribution in [0.15, 0.2) is 15.3 Å². The summed E-state index contributed by atoms with van der Waals surface area (Å²) in [5.74, 6) is 0.160. The van der Waals surface area contributed by atoms with Crippen LogP contribution >= 0.6 is 0 Å². The highest BCUT2D eigenvalue weighted by atomic mass is 16.6. The van der Waals surface area contributed by atoms with Gasteiger partial charge in [0.15, 0.2) is 0 Å². The predicted octanol–water partition coefficient (Wildman–Crippen LogP) is 2.60. The third kappa shape index (κ3) is 2.28. The van der Waals surface area contributed by atoms with Crippen LogP contribution in [0.4, 0.5) is 5.69 Å². The molecular formula is C14H18N2O3. The molecule has 0 unspecified atom stereocenters. The Morgan fingerprint density at radius 1 is 1.47 bits per heavy atom. The fourth-order valence-corrected chi connectivity index (χ4v) is 2.05. The van der Waals surface area contributed by atoms with Crippen molar-refractivity contribution in [3.05, 3.63) is 27.6 Å². The van der Waals surface area contributed by atoms with Crippen LogP contribution in [0.2, 0.25) is 0 Å². The van der Waals surface area contributed by atoms with E-state index in [1.165, 1.54) is 0 Å². The Labute approximate surface area is 111 Å². The Hall–Kier alpha value is -2.04. The highest BCUT2D eigenvalue weighted by Crippen LogP contribution is 2.29. The molecule has 0 fully saturated rings. The van der Waals surface area contributed by atoms with Crippen molar-refractivity contribution in [2.24, 2.45) is 0 Å². The number of aryl methyl sites for hydroxylation is 1. The number of hydrogen-bond donors (Lipinski definition) is 1. The van der Waals surface area contributed by atoms with E-state index < -0.39 is 5.63 Å². The first-order valence-electron chi connectivity index (χ1n) is 6.32. The lowest BCUT2D eigenvalue weighted by molar-refractivity contribution is 0.229. The van der Waals surface area contributed by atoms with E-state index in [1.807, 2.05) is 26.8 Å². The summed E-state index contributed by atoms with van der Waals surface area (Å²) < 4.78 is 10.3. The molecule has 0 aliphatic rings. The Morgan fingerprint density at radius 2 is 2.16 bits per heavy atom. The average molecular weight is 262 g/mol. The molecule has 0 aliphatic heterocycles. The third-order valence-corrected chi connectivity index (χ3v) is 3.10. The van der Waals surface area contributed by atoms with E-state index in [-0.39, 0.29) is 12.0 Å². The molecule has 0 aliphatic carbocycles. The van der Waals surface area contributed by atoms with Crippen molar-refractivity contribution in [3.63, 3.8) is 0 Å². The number of nitrogens with two attached hydrogens (primary N) is 1. The minimum absolute atomic E-state index is 0.0107. The molecule has 5 nitrogen and oxygen atoms in total. The molecule has 0 spiro atoms. The van der Waals surface area contributed by atoms with Gasteiger partial charge in [-0.25, -0.2) is 4.79 Å². The molecule has 102 valence electrons. The van der Waals surface area contributed by atoms with E-state index in [9.17, 15) is 4.79 Å². The predicted molar refractivity (Wildman–Crippen MR) is 74.7 cm³/mol. The summed E-state index contributed by atoms with van der Waals surface area (Å²) in [5.41, 5.74) is 8.36. The number of benzene rings is 1. The van der Waals surface area contributed by atoms with Gasteiger partial charge in [-0.05, 0) is 37.0 Å². The molecule has 1 aromatic carbocycles. The molecule has 0 bridgehead atoms. The van der Waals surface area contributed by atoms with Gasteiger partial charge in [0.1, 0.15) is 0 Å². The Bertz CT molecular complexity index is 674. The molecule has 1 aromatic heterocycles. The van der Waals surface area contributed by atoms with Gasteiger partial charge in [-0.15, -0.1) is 0 Å². The highest BCUT2D eigenvalue weighted by Gasteiger charge is 2.17. The van der Waals surface area contributed by atoms with E-state index in [1.54, 1.807) is 6.92 Å². The second-order valence-corrected chi connectivity index (χ2v) is 4.76. The second kappa shape index (κ2) is 4.91. The lowest BCUT2D eigenvalue weighted by Gasteiger charge is -2.13. The quantitative estimate of drug-likeness (QED) is 0.860. The molecule has 1 heterocycles. The third-order valence-electron chi connectivity index (χ3n) is 3.10. The van der Waals surface area contributed by atoms with E-state index >= 15 is 0 Å². The van der Waals surface area contributed by atoms with E-state index in [4.69, 9.17) is 14.9 Å². The van der Waals surface area contributed by atoms with Crippen LogP contribution in [0.5, 0.6) is 6.08 Å². The maximum Gasteiger partial charge on any atom is 0.397 e. The lowest BCUT2D eigenvalue weighted by Crippen LogP contribution is -2.10. The van der Waals surface area contributed by atoms with Crippen LogP contribution in [0.3, 0.4) is 0 Å². The van der Waals surface area contributed by atoms with E-state index in [2.05, 4.69) is 4.98 Å². The molecule has 0 amide bonds. The van der Waals surface area contributed by atoms with Gasteiger partial charge in [-0.3, -0.25) is 0 Å². The van der Waals surface area contributed by atoms with Gasteiger partial charge in [0.05, 0.1) is 17.5 Å². The first-order chi connectivity index (χ1) is 8.95. The van der Waals surface area contributed by atoms with E-state index in [0.717, 1.165) is 11.1 Å². The number of hydrogen-bond acceptors (Lipinski definition) is 5. The smallest absolute Gasteiger partial charge is 0.397 e. The zero-order valence-electron chi connectivity index (χ0n) is 11.6. The minimum Gasteiger partial charge on any atom is -0.450 e. The monoisotopic (exact) mass is 262 g/mol. The average Bonchev–Trinajstić information content (AvgIpc) is 2.34. The van der Waals surface area contributed by atoms with Gasteiger partial charge in [0.2, 0.25) is 0 Å². The molecule has 19 heavy (non-hydrogen) atoms. The Kier molecular flexibility index (Phi) is 3.46. The topological polar surface area (TPSA) is 78.4 Å². The maximum absolute atomic E-state index is 12.1. The van der Waals surface area contributed by atoms with E-state index in [0.29, 0.717) is 23.2 Å². The molecule has 2 aromatic rings. The van der Waals surface area contributed by atoms with Crippen LogP contribution in [0.25, 0.3) is 10.9 Å². The minimum atomic E-state index is -0.430. The Balaban J connectivity index is 2.88. The summed E-state index contributed by atoms with van der Waals surface area (Å²) in [7, 11) is 0. The summed E-state index contributed by atoms with van der Waals surface area (Å²) in [5, 5.41) is 0.491.